The molecular weight excluding hydrogens is 196 g/mol. The molecule has 0 aliphatic rings. The summed E-state index contributed by atoms with van der Waals surface area (Å²) < 4.78 is 0.884. The lowest BCUT2D eigenvalue weighted by Crippen LogP contribution is -1.96. The van der Waals surface area contributed by atoms with E-state index in [1.165, 1.54) is 23.1 Å². The smallest absolute Gasteiger partial charge is 0.313 e. The van der Waals surface area contributed by atoms with Gasteiger partial charge in [0.15, 0.2) is 5.13 Å². The second-order valence-corrected chi connectivity index (χ2v) is 4.38. The highest BCUT2D eigenvalue weighted by Crippen LogP contribution is 2.29. The number of aryl methyl sites for hydroxylation is 1. The molecule has 1 aromatic rings. The van der Waals surface area contributed by atoms with Crippen molar-refractivity contribution in [3.8, 4) is 0 Å². The van der Waals surface area contributed by atoms with Gasteiger partial charge < -0.3 is 10.8 Å². The first-order valence-electron chi connectivity index (χ1n) is 3.17. The Bertz CT molecular complexity index is 298. The minimum Gasteiger partial charge on any atom is -0.481 e. The summed E-state index contributed by atoms with van der Waals surface area (Å²) in [5.74, 6) is -0.769. The molecule has 1 heterocycles. The number of rotatable bonds is 3. The standard InChI is InChI=1S/C6H8N2O2S2/c1-3-5(11-2-4(9)10)12-6(7)8-3/h2H2,1H3,(H2,7,8)(H,9,10). The van der Waals surface area contributed by atoms with Gasteiger partial charge >= 0.3 is 5.97 Å². The Balaban J connectivity index is 2.62. The third-order valence-electron chi connectivity index (χ3n) is 1.10. The lowest BCUT2D eigenvalue weighted by molar-refractivity contribution is -0.133. The summed E-state index contributed by atoms with van der Waals surface area (Å²) in [4.78, 5) is 14.2. The third kappa shape index (κ3) is 2.38. The van der Waals surface area contributed by atoms with Crippen molar-refractivity contribution in [2.45, 2.75) is 11.1 Å². The van der Waals surface area contributed by atoms with Crippen molar-refractivity contribution in [3.63, 3.8) is 0 Å². The fourth-order valence-corrected chi connectivity index (χ4v) is 2.41. The molecule has 0 aliphatic carbocycles. The van der Waals surface area contributed by atoms with E-state index in [9.17, 15) is 4.79 Å². The highest BCUT2D eigenvalue weighted by molar-refractivity contribution is 8.01. The van der Waals surface area contributed by atoms with Gasteiger partial charge in [-0.1, -0.05) is 11.3 Å². The van der Waals surface area contributed by atoms with Crippen LogP contribution in [0.3, 0.4) is 0 Å². The monoisotopic (exact) mass is 204 g/mol. The summed E-state index contributed by atoms with van der Waals surface area (Å²) >= 11 is 2.58. The van der Waals surface area contributed by atoms with Gasteiger partial charge in [-0.25, -0.2) is 4.98 Å². The molecule has 0 aliphatic heterocycles. The van der Waals surface area contributed by atoms with E-state index in [2.05, 4.69) is 4.98 Å². The van der Waals surface area contributed by atoms with Gasteiger partial charge in [-0.15, -0.1) is 11.8 Å². The topological polar surface area (TPSA) is 76.2 Å². The number of nitrogen functional groups attached to an aromatic ring is 1. The Morgan fingerprint density at radius 1 is 1.83 bits per heavy atom. The van der Waals surface area contributed by atoms with Gasteiger partial charge in [0, 0.05) is 0 Å². The molecule has 3 N–H and O–H groups in total. The molecule has 0 amide bonds. The van der Waals surface area contributed by atoms with E-state index in [0.717, 1.165) is 9.90 Å². The molecule has 0 saturated heterocycles. The van der Waals surface area contributed by atoms with Crippen molar-refractivity contribution in [1.82, 2.24) is 4.98 Å². The van der Waals surface area contributed by atoms with E-state index < -0.39 is 5.97 Å². The quantitative estimate of drug-likeness (QED) is 0.724. The zero-order valence-electron chi connectivity index (χ0n) is 6.40. The van der Waals surface area contributed by atoms with Gasteiger partial charge in [0.2, 0.25) is 0 Å². The summed E-state index contributed by atoms with van der Waals surface area (Å²) in [6.45, 7) is 1.82. The number of thioether (sulfide) groups is 1. The normalized spacial score (nSPS) is 10.1. The molecule has 6 heteroatoms. The average Bonchev–Trinajstić information content (AvgIpc) is 2.26. The summed E-state index contributed by atoms with van der Waals surface area (Å²) in [6.07, 6.45) is 0. The van der Waals surface area contributed by atoms with Crippen LogP contribution in [0.4, 0.5) is 5.13 Å². The van der Waals surface area contributed by atoms with Crippen LogP contribution in [0.15, 0.2) is 4.21 Å². The molecule has 66 valence electrons. The van der Waals surface area contributed by atoms with Crippen molar-refractivity contribution in [2.75, 3.05) is 11.5 Å². The summed E-state index contributed by atoms with van der Waals surface area (Å²) in [5, 5.41) is 8.89. The van der Waals surface area contributed by atoms with Crippen molar-refractivity contribution in [2.24, 2.45) is 0 Å². The van der Waals surface area contributed by atoms with E-state index in [1.807, 2.05) is 6.92 Å². The van der Waals surface area contributed by atoms with Crippen LogP contribution in [0.5, 0.6) is 0 Å². The van der Waals surface area contributed by atoms with E-state index in [4.69, 9.17) is 10.8 Å². The van der Waals surface area contributed by atoms with E-state index in [-0.39, 0.29) is 5.75 Å². The van der Waals surface area contributed by atoms with Crippen molar-refractivity contribution >= 4 is 34.2 Å². The summed E-state index contributed by atoms with van der Waals surface area (Å²) in [6, 6.07) is 0. The average molecular weight is 204 g/mol. The number of hydrogen-bond acceptors (Lipinski definition) is 5. The van der Waals surface area contributed by atoms with Gasteiger partial charge in [0.25, 0.3) is 0 Å². The third-order valence-corrected chi connectivity index (χ3v) is 3.43. The molecule has 0 aromatic carbocycles. The number of nitrogens with zero attached hydrogens (tertiary/aromatic N) is 1. The summed E-state index contributed by atoms with van der Waals surface area (Å²) in [5.41, 5.74) is 6.24. The predicted octanol–water partition coefficient (Wildman–Crippen LogP) is 1.21. The molecule has 0 bridgehead atoms. The van der Waals surface area contributed by atoms with Gasteiger partial charge in [-0.05, 0) is 6.92 Å². The molecule has 1 aromatic heterocycles. The highest BCUT2D eigenvalue weighted by atomic mass is 32.2. The number of carboxylic acid groups (broad SMARTS) is 1. The van der Waals surface area contributed by atoms with E-state index in [1.54, 1.807) is 0 Å². The Kier molecular flexibility index (Phi) is 2.93. The molecule has 0 atom stereocenters. The van der Waals surface area contributed by atoms with Crippen molar-refractivity contribution in [3.05, 3.63) is 5.69 Å². The molecule has 0 saturated carbocycles. The van der Waals surface area contributed by atoms with Crippen molar-refractivity contribution < 1.29 is 9.90 Å². The predicted molar refractivity (Wildman–Crippen MR) is 49.6 cm³/mol. The van der Waals surface area contributed by atoms with Crippen LogP contribution < -0.4 is 5.73 Å². The van der Waals surface area contributed by atoms with Gasteiger partial charge in [-0.2, -0.15) is 0 Å². The molecule has 1 rings (SSSR count). The number of nitrogens with two attached hydrogens (primary N) is 1. The Labute approximate surface area is 77.8 Å². The lowest BCUT2D eigenvalue weighted by atomic mass is 10.6. The number of thiazole rings is 1. The maximum absolute atomic E-state index is 10.2. The maximum atomic E-state index is 10.2. The molecular formula is C6H8N2O2S2. The molecule has 0 spiro atoms. The first-order chi connectivity index (χ1) is 5.59. The molecule has 12 heavy (non-hydrogen) atoms. The minimum atomic E-state index is -0.827. The van der Waals surface area contributed by atoms with Gasteiger partial charge in [0.05, 0.1) is 15.7 Å². The number of anilines is 1. The van der Waals surface area contributed by atoms with Crippen molar-refractivity contribution in [1.29, 1.82) is 0 Å². The van der Waals surface area contributed by atoms with Crippen LogP contribution in [-0.4, -0.2) is 21.8 Å². The van der Waals surface area contributed by atoms with Crippen LogP contribution in [0.25, 0.3) is 0 Å². The molecule has 0 fully saturated rings. The van der Waals surface area contributed by atoms with Gasteiger partial charge in [0.1, 0.15) is 0 Å². The van der Waals surface area contributed by atoms with Crippen LogP contribution in [0.2, 0.25) is 0 Å². The van der Waals surface area contributed by atoms with Crippen LogP contribution in [0, 0.1) is 6.92 Å². The SMILES string of the molecule is Cc1nc(N)sc1SCC(=O)O. The first kappa shape index (κ1) is 9.34. The maximum Gasteiger partial charge on any atom is 0.313 e. The lowest BCUT2D eigenvalue weighted by Gasteiger charge is -1.92. The van der Waals surface area contributed by atoms with Crippen LogP contribution in [0.1, 0.15) is 5.69 Å². The Hall–Kier alpha value is -0.750. The largest absolute Gasteiger partial charge is 0.481 e. The number of aromatic nitrogens is 1. The van der Waals surface area contributed by atoms with E-state index >= 15 is 0 Å². The minimum absolute atomic E-state index is 0.0580. The summed E-state index contributed by atoms with van der Waals surface area (Å²) in [7, 11) is 0. The number of carbonyl (C=O) groups is 1. The Morgan fingerprint density at radius 2 is 2.50 bits per heavy atom. The molecule has 0 radical (unpaired) electrons. The fourth-order valence-electron chi connectivity index (χ4n) is 0.664. The second-order valence-electron chi connectivity index (χ2n) is 2.11. The highest BCUT2D eigenvalue weighted by Gasteiger charge is 2.07. The second kappa shape index (κ2) is 3.77. The number of carboxylic acids is 1. The van der Waals surface area contributed by atoms with Crippen LogP contribution in [-0.2, 0) is 4.79 Å². The number of hydrogen-bond donors (Lipinski definition) is 2. The van der Waals surface area contributed by atoms with E-state index in [0.29, 0.717) is 5.13 Å². The fraction of sp³-hybridized carbons (Fsp3) is 0.333. The molecule has 0 unspecified atom stereocenters. The molecule has 4 nitrogen and oxygen atoms in total. The first-order valence-corrected chi connectivity index (χ1v) is 4.97. The Morgan fingerprint density at radius 3 is 2.92 bits per heavy atom. The van der Waals surface area contributed by atoms with Gasteiger partial charge in [-0.3, -0.25) is 4.79 Å². The zero-order valence-corrected chi connectivity index (χ0v) is 8.04. The number of aliphatic carboxylic acids is 1. The van der Waals surface area contributed by atoms with Crippen LogP contribution >= 0.6 is 23.1 Å². The zero-order chi connectivity index (χ0) is 9.14.